The number of rotatable bonds is 1. The fraction of sp³-hybridized carbons (Fsp3) is 0.333. The topological polar surface area (TPSA) is 42.7 Å². The number of aromatic nitrogens is 3. The van der Waals surface area contributed by atoms with Crippen LogP contribution in [-0.4, -0.2) is 21.3 Å². The van der Waals surface area contributed by atoms with Crippen molar-refractivity contribution in [2.24, 2.45) is 0 Å². The zero-order chi connectivity index (χ0) is 13.6. The maximum atomic E-state index is 14.0. The van der Waals surface area contributed by atoms with Crippen molar-refractivity contribution >= 4 is 15.9 Å². The lowest BCUT2D eigenvalue weighted by atomic mass is 10.1. The van der Waals surface area contributed by atoms with Crippen molar-refractivity contribution < 1.29 is 8.78 Å². The number of halogens is 3. The molecule has 1 N–H and O–H groups in total. The van der Waals surface area contributed by atoms with Crippen LogP contribution in [0.5, 0.6) is 0 Å². The lowest BCUT2D eigenvalue weighted by molar-refractivity contribution is 0.438. The highest BCUT2D eigenvalue weighted by Gasteiger charge is 2.25. The fourth-order valence-electron chi connectivity index (χ4n) is 2.28. The van der Waals surface area contributed by atoms with Crippen LogP contribution in [0.1, 0.15) is 18.8 Å². The summed E-state index contributed by atoms with van der Waals surface area (Å²) in [6, 6.07) is 2.48. The molecule has 0 aliphatic carbocycles. The van der Waals surface area contributed by atoms with Crippen LogP contribution in [0.25, 0.3) is 11.4 Å². The van der Waals surface area contributed by atoms with Crippen LogP contribution in [0, 0.1) is 11.6 Å². The molecule has 3 rings (SSSR count). The molecule has 1 aliphatic heterocycles. The van der Waals surface area contributed by atoms with Gasteiger partial charge in [0.05, 0.1) is 11.6 Å². The molecule has 100 valence electrons. The van der Waals surface area contributed by atoms with Crippen molar-refractivity contribution in [2.45, 2.75) is 19.5 Å². The zero-order valence-corrected chi connectivity index (χ0v) is 11.7. The SMILES string of the molecule is CC1NCCn2c(-c3c(F)cc(Br)cc3F)nnc21. The predicted octanol–water partition coefficient (Wildman–Crippen LogP) is 2.65. The first-order valence-corrected chi connectivity index (χ1v) is 6.68. The minimum Gasteiger partial charge on any atom is -0.308 e. The van der Waals surface area contributed by atoms with Gasteiger partial charge in [-0.05, 0) is 19.1 Å². The average Bonchev–Trinajstić information content (AvgIpc) is 2.73. The summed E-state index contributed by atoms with van der Waals surface area (Å²) in [6.07, 6.45) is 0. The van der Waals surface area contributed by atoms with E-state index in [1.807, 2.05) is 6.92 Å². The van der Waals surface area contributed by atoms with Gasteiger partial charge in [-0.2, -0.15) is 0 Å². The molecule has 0 radical (unpaired) electrons. The summed E-state index contributed by atoms with van der Waals surface area (Å²) < 4.78 is 30.1. The number of nitrogens with zero attached hydrogens (tertiary/aromatic N) is 3. The molecule has 1 unspecified atom stereocenters. The first-order chi connectivity index (χ1) is 9.08. The standard InChI is InChI=1S/C12H11BrF2N4/c1-6-11-17-18-12(19(11)3-2-16-6)10-8(14)4-7(13)5-9(10)15/h4-6,16H,2-3H2,1H3. The molecule has 1 aromatic carbocycles. The van der Waals surface area contributed by atoms with Crippen LogP contribution in [0.2, 0.25) is 0 Å². The van der Waals surface area contributed by atoms with Crippen molar-refractivity contribution in [3.63, 3.8) is 0 Å². The largest absolute Gasteiger partial charge is 0.308 e. The van der Waals surface area contributed by atoms with Gasteiger partial charge < -0.3 is 9.88 Å². The van der Waals surface area contributed by atoms with Gasteiger partial charge >= 0.3 is 0 Å². The Balaban J connectivity index is 2.19. The monoisotopic (exact) mass is 328 g/mol. The predicted molar refractivity (Wildman–Crippen MR) is 69.5 cm³/mol. The molecule has 7 heteroatoms. The van der Waals surface area contributed by atoms with Gasteiger partial charge in [0.1, 0.15) is 17.5 Å². The molecule has 0 saturated carbocycles. The summed E-state index contributed by atoms with van der Waals surface area (Å²) in [5.74, 6) is -0.352. The van der Waals surface area contributed by atoms with Crippen LogP contribution in [0.4, 0.5) is 8.78 Å². The summed E-state index contributed by atoms with van der Waals surface area (Å²) in [6.45, 7) is 3.26. The number of nitrogens with one attached hydrogen (secondary N) is 1. The van der Waals surface area contributed by atoms with Crippen molar-refractivity contribution in [1.29, 1.82) is 0 Å². The molecule has 1 aromatic heterocycles. The van der Waals surface area contributed by atoms with Crippen LogP contribution in [0.3, 0.4) is 0 Å². The Morgan fingerprint density at radius 3 is 2.68 bits per heavy atom. The second-order valence-electron chi connectivity index (χ2n) is 4.45. The molecule has 2 aromatic rings. The Morgan fingerprint density at radius 1 is 1.32 bits per heavy atom. The van der Waals surface area contributed by atoms with E-state index in [-0.39, 0.29) is 17.4 Å². The zero-order valence-electron chi connectivity index (χ0n) is 10.1. The smallest absolute Gasteiger partial charge is 0.170 e. The second-order valence-corrected chi connectivity index (χ2v) is 5.37. The van der Waals surface area contributed by atoms with E-state index in [1.54, 1.807) is 4.57 Å². The minimum absolute atomic E-state index is 0.0246. The third-order valence-electron chi connectivity index (χ3n) is 3.18. The summed E-state index contributed by atoms with van der Waals surface area (Å²) >= 11 is 3.06. The Kier molecular flexibility index (Phi) is 3.10. The molecule has 1 aliphatic rings. The summed E-state index contributed by atoms with van der Waals surface area (Å²) in [5.41, 5.74) is -0.129. The van der Waals surface area contributed by atoms with Crippen molar-refractivity contribution in [3.8, 4) is 11.4 Å². The number of fused-ring (bicyclic) bond motifs is 1. The Morgan fingerprint density at radius 2 is 2.00 bits per heavy atom. The molecule has 0 saturated heterocycles. The Labute approximate surface area is 117 Å². The molecular formula is C12H11BrF2N4. The lowest BCUT2D eigenvalue weighted by Gasteiger charge is -2.22. The first kappa shape index (κ1) is 12.7. The van der Waals surface area contributed by atoms with E-state index in [9.17, 15) is 8.78 Å². The molecule has 4 nitrogen and oxygen atoms in total. The van der Waals surface area contributed by atoms with E-state index < -0.39 is 11.6 Å². The lowest BCUT2D eigenvalue weighted by Crippen LogP contribution is -2.32. The quantitative estimate of drug-likeness (QED) is 0.875. The fourth-order valence-corrected chi connectivity index (χ4v) is 2.68. The van der Waals surface area contributed by atoms with E-state index in [1.165, 1.54) is 12.1 Å². The summed E-state index contributed by atoms with van der Waals surface area (Å²) in [5, 5.41) is 11.2. The van der Waals surface area contributed by atoms with Crippen LogP contribution >= 0.6 is 15.9 Å². The van der Waals surface area contributed by atoms with Gasteiger partial charge in [0.25, 0.3) is 0 Å². The molecule has 0 amide bonds. The van der Waals surface area contributed by atoms with E-state index in [0.29, 0.717) is 16.8 Å². The average molecular weight is 329 g/mol. The van der Waals surface area contributed by atoms with Crippen LogP contribution in [0.15, 0.2) is 16.6 Å². The van der Waals surface area contributed by atoms with Gasteiger partial charge in [0, 0.05) is 17.6 Å². The van der Waals surface area contributed by atoms with Gasteiger partial charge in [-0.25, -0.2) is 8.78 Å². The first-order valence-electron chi connectivity index (χ1n) is 5.89. The van der Waals surface area contributed by atoms with Gasteiger partial charge in [-0.1, -0.05) is 15.9 Å². The van der Waals surface area contributed by atoms with Crippen molar-refractivity contribution in [2.75, 3.05) is 6.54 Å². The van der Waals surface area contributed by atoms with E-state index in [0.717, 1.165) is 6.54 Å². The summed E-state index contributed by atoms with van der Waals surface area (Å²) in [4.78, 5) is 0. The number of hydrogen-bond donors (Lipinski definition) is 1. The van der Waals surface area contributed by atoms with Gasteiger partial charge in [0.2, 0.25) is 0 Å². The van der Waals surface area contributed by atoms with E-state index >= 15 is 0 Å². The molecule has 1 atom stereocenters. The molecular weight excluding hydrogens is 318 g/mol. The van der Waals surface area contributed by atoms with Gasteiger partial charge in [0.15, 0.2) is 5.82 Å². The Bertz CT molecular complexity index is 618. The normalized spacial score (nSPS) is 18.4. The van der Waals surface area contributed by atoms with E-state index in [4.69, 9.17) is 0 Å². The number of hydrogen-bond acceptors (Lipinski definition) is 3. The van der Waals surface area contributed by atoms with Gasteiger partial charge in [-0.3, -0.25) is 0 Å². The molecule has 0 bridgehead atoms. The van der Waals surface area contributed by atoms with Crippen LogP contribution < -0.4 is 5.32 Å². The number of benzene rings is 1. The molecule has 0 fully saturated rings. The summed E-state index contributed by atoms with van der Waals surface area (Å²) in [7, 11) is 0. The van der Waals surface area contributed by atoms with Crippen LogP contribution in [-0.2, 0) is 6.54 Å². The third kappa shape index (κ3) is 2.06. The third-order valence-corrected chi connectivity index (χ3v) is 3.64. The molecule has 19 heavy (non-hydrogen) atoms. The van der Waals surface area contributed by atoms with Crippen molar-refractivity contribution in [1.82, 2.24) is 20.1 Å². The second kappa shape index (κ2) is 4.64. The highest BCUT2D eigenvalue weighted by atomic mass is 79.9. The van der Waals surface area contributed by atoms with Gasteiger partial charge in [-0.15, -0.1) is 10.2 Å². The maximum absolute atomic E-state index is 14.0. The highest BCUT2D eigenvalue weighted by molar-refractivity contribution is 9.10. The molecule has 2 heterocycles. The maximum Gasteiger partial charge on any atom is 0.170 e. The molecule has 0 spiro atoms. The highest BCUT2D eigenvalue weighted by Crippen LogP contribution is 2.30. The van der Waals surface area contributed by atoms with Crippen molar-refractivity contribution in [3.05, 3.63) is 34.1 Å². The van der Waals surface area contributed by atoms with E-state index in [2.05, 4.69) is 31.4 Å². The Hall–Kier alpha value is -1.34. The minimum atomic E-state index is -0.645.